The van der Waals surface area contributed by atoms with E-state index < -0.39 is 17.1 Å². The minimum absolute atomic E-state index is 0.0589. The van der Waals surface area contributed by atoms with Crippen molar-refractivity contribution in [1.82, 2.24) is 0 Å². The van der Waals surface area contributed by atoms with E-state index in [0.29, 0.717) is 6.42 Å². The zero-order valence-corrected chi connectivity index (χ0v) is 18.4. The number of rotatable bonds is 10. The van der Waals surface area contributed by atoms with Gasteiger partial charge in [-0.3, -0.25) is 0 Å². The van der Waals surface area contributed by atoms with Crippen molar-refractivity contribution in [2.45, 2.75) is 12.8 Å². The van der Waals surface area contributed by atoms with Crippen LogP contribution in [0.1, 0.15) is 12.8 Å². The van der Waals surface area contributed by atoms with Crippen molar-refractivity contribution < 1.29 is 8.42 Å². The van der Waals surface area contributed by atoms with Crippen LogP contribution in [-0.4, -0.2) is 26.1 Å². The van der Waals surface area contributed by atoms with Gasteiger partial charge in [-0.1, -0.05) is 60.7 Å². The van der Waals surface area contributed by atoms with Crippen molar-refractivity contribution in [2.24, 2.45) is 0 Å². The fourth-order valence-electron chi connectivity index (χ4n) is 3.82. The molecule has 3 rings (SSSR count). The lowest BCUT2D eigenvalue weighted by molar-refractivity contribution is 0.596. The summed E-state index contributed by atoms with van der Waals surface area (Å²) in [6, 6.07) is 32.1. The summed E-state index contributed by atoms with van der Waals surface area (Å²) >= 11 is 0. The van der Waals surface area contributed by atoms with E-state index >= 15 is 0 Å². The lowest BCUT2D eigenvalue weighted by Gasteiger charge is -2.27. The predicted octanol–water partition coefficient (Wildman–Crippen LogP) is 4.36. The molecule has 0 N–H and O–H groups in total. The Labute approximate surface area is 175 Å². The minimum atomic E-state index is -3.05. The zero-order chi connectivity index (χ0) is 20.6. The highest BCUT2D eigenvalue weighted by atomic mass is 32.2. The molecule has 4 heteroatoms. The average molecular weight is 424 g/mol. The Hall–Kier alpha value is -2.22. The predicted molar refractivity (Wildman–Crippen MR) is 128 cm³/mol. The summed E-state index contributed by atoms with van der Waals surface area (Å²) in [5, 5.41) is 4.02. The van der Waals surface area contributed by atoms with Crippen LogP contribution < -0.4 is 15.9 Å². The number of hydrogen-bond acceptors (Lipinski definition) is 2. The molecule has 0 unspecified atom stereocenters. The van der Waals surface area contributed by atoms with E-state index in [1.807, 2.05) is 0 Å². The molecule has 0 bridgehead atoms. The van der Waals surface area contributed by atoms with Crippen molar-refractivity contribution in [2.75, 3.05) is 17.7 Å². The highest BCUT2D eigenvalue weighted by Crippen LogP contribution is 2.55. The van der Waals surface area contributed by atoms with Crippen molar-refractivity contribution in [3.63, 3.8) is 0 Å². The molecule has 2 nitrogen and oxygen atoms in total. The maximum atomic E-state index is 12.1. The highest BCUT2D eigenvalue weighted by molar-refractivity contribution is 7.95. The van der Waals surface area contributed by atoms with Gasteiger partial charge in [0.05, 0.1) is 17.7 Å². The van der Waals surface area contributed by atoms with Crippen LogP contribution in [0, 0.1) is 0 Å². The normalized spacial score (nSPS) is 11.9. The molecule has 0 atom stereocenters. The molecule has 0 saturated carbocycles. The van der Waals surface area contributed by atoms with Crippen LogP contribution in [-0.2, 0) is 9.84 Å². The molecule has 0 radical (unpaired) electrons. The lowest BCUT2D eigenvalue weighted by Crippen LogP contribution is -2.33. The summed E-state index contributed by atoms with van der Waals surface area (Å²) in [4.78, 5) is 0. The molecule has 0 spiro atoms. The molecule has 29 heavy (non-hydrogen) atoms. The molecule has 3 aromatic carbocycles. The Morgan fingerprint density at radius 3 is 1.48 bits per heavy atom. The van der Waals surface area contributed by atoms with Crippen molar-refractivity contribution in [3.8, 4) is 0 Å². The van der Waals surface area contributed by atoms with Gasteiger partial charge in [-0.15, -0.1) is 6.58 Å². The molecule has 0 amide bonds. The SMILES string of the molecule is C=CCS(=O)(=O)CCCC[P+](c1ccccc1)(c1ccccc1)c1ccccc1. The van der Waals surface area contributed by atoms with Gasteiger partial charge in [-0.2, -0.15) is 0 Å². The summed E-state index contributed by atoms with van der Waals surface area (Å²) in [5.41, 5.74) is 0. The van der Waals surface area contributed by atoms with Gasteiger partial charge in [0.15, 0.2) is 9.84 Å². The molecular formula is C25H28O2PS+. The number of unbranched alkanes of at least 4 members (excludes halogenated alkanes) is 1. The van der Waals surface area contributed by atoms with Crippen LogP contribution in [0.4, 0.5) is 0 Å². The van der Waals surface area contributed by atoms with Crippen LogP contribution in [0.15, 0.2) is 104 Å². The topological polar surface area (TPSA) is 34.1 Å². The van der Waals surface area contributed by atoms with Gasteiger partial charge in [0.25, 0.3) is 0 Å². The van der Waals surface area contributed by atoms with Gasteiger partial charge in [0, 0.05) is 0 Å². The third-order valence-electron chi connectivity index (χ3n) is 5.16. The van der Waals surface area contributed by atoms with Gasteiger partial charge in [-0.05, 0) is 49.2 Å². The quantitative estimate of drug-likeness (QED) is 0.276. The molecule has 0 aliphatic carbocycles. The van der Waals surface area contributed by atoms with Crippen molar-refractivity contribution >= 4 is 33.0 Å². The molecule has 0 heterocycles. The Kier molecular flexibility index (Phi) is 7.41. The third kappa shape index (κ3) is 5.23. The van der Waals surface area contributed by atoms with Gasteiger partial charge >= 0.3 is 0 Å². The highest BCUT2D eigenvalue weighted by Gasteiger charge is 2.44. The maximum Gasteiger partial charge on any atom is 0.153 e. The second-order valence-electron chi connectivity index (χ2n) is 7.15. The molecule has 0 aromatic heterocycles. The number of hydrogen-bond donors (Lipinski definition) is 0. The Morgan fingerprint density at radius 1 is 0.690 bits per heavy atom. The van der Waals surface area contributed by atoms with E-state index in [1.54, 1.807) is 0 Å². The molecule has 0 aliphatic rings. The Bertz CT molecular complexity index is 904. The minimum Gasteiger partial charge on any atom is -0.229 e. The largest absolute Gasteiger partial charge is 0.229 e. The summed E-state index contributed by atoms with van der Waals surface area (Å²) in [7, 11) is -4.91. The summed E-state index contributed by atoms with van der Waals surface area (Å²) < 4.78 is 24.2. The third-order valence-corrected chi connectivity index (χ3v) is 11.3. The molecule has 0 saturated heterocycles. The van der Waals surface area contributed by atoms with Crippen LogP contribution in [0.3, 0.4) is 0 Å². The molecule has 3 aromatic rings. The van der Waals surface area contributed by atoms with Gasteiger partial charge in [-0.25, -0.2) is 8.42 Å². The van der Waals surface area contributed by atoms with E-state index in [1.165, 1.54) is 22.0 Å². The Morgan fingerprint density at radius 2 is 1.10 bits per heavy atom. The van der Waals surface area contributed by atoms with E-state index in [0.717, 1.165) is 12.6 Å². The molecule has 150 valence electrons. The van der Waals surface area contributed by atoms with Crippen LogP contribution in [0.2, 0.25) is 0 Å². The van der Waals surface area contributed by atoms with E-state index in [2.05, 4.69) is 97.6 Å². The van der Waals surface area contributed by atoms with Crippen molar-refractivity contribution in [1.29, 1.82) is 0 Å². The van der Waals surface area contributed by atoms with Crippen molar-refractivity contribution in [3.05, 3.63) is 104 Å². The first-order chi connectivity index (χ1) is 14.1. The fraction of sp³-hybridized carbons (Fsp3) is 0.200. The number of benzene rings is 3. The first-order valence-electron chi connectivity index (χ1n) is 9.95. The van der Waals surface area contributed by atoms with E-state index in [-0.39, 0.29) is 11.5 Å². The fourth-order valence-corrected chi connectivity index (χ4v) is 9.40. The maximum absolute atomic E-state index is 12.1. The van der Waals surface area contributed by atoms with Gasteiger partial charge in [0.2, 0.25) is 0 Å². The number of sulfone groups is 1. The summed E-state index contributed by atoms with van der Waals surface area (Å²) in [6.07, 6.45) is 3.96. The van der Waals surface area contributed by atoms with Crippen LogP contribution >= 0.6 is 7.26 Å². The zero-order valence-electron chi connectivity index (χ0n) is 16.7. The Balaban J connectivity index is 2.00. The second-order valence-corrected chi connectivity index (χ2v) is 13.0. The molecular weight excluding hydrogens is 395 g/mol. The summed E-state index contributed by atoms with van der Waals surface area (Å²) in [5.74, 6) is 0.279. The summed E-state index contributed by atoms with van der Waals surface area (Å²) in [6.45, 7) is 3.56. The molecule has 0 aliphatic heterocycles. The van der Waals surface area contributed by atoms with E-state index in [4.69, 9.17) is 0 Å². The average Bonchev–Trinajstić information content (AvgIpc) is 2.76. The molecule has 0 fully saturated rings. The van der Waals surface area contributed by atoms with Crippen LogP contribution in [0.5, 0.6) is 0 Å². The standard InChI is InChI=1S/C25H28O2PS/c1-2-21-29(26,27)22-13-12-20-28(23-14-6-3-7-15-23,24-16-8-4-9-17-24)25-18-10-5-11-19-25/h2-11,14-19H,1,12-13,20-22H2/q+1. The van der Waals surface area contributed by atoms with Gasteiger partial charge < -0.3 is 0 Å². The first kappa shape index (κ1) is 21.5. The second kappa shape index (κ2) is 10.0. The van der Waals surface area contributed by atoms with E-state index in [9.17, 15) is 8.42 Å². The van der Waals surface area contributed by atoms with Crippen LogP contribution in [0.25, 0.3) is 0 Å². The lowest BCUT2D eigenvalue weighted by atomic mass is 10.3. The van der Waals surface area contributed by atoms with Gasteiger partial charge in [0.1, 0.15) is 23.2 Å². The monoisotopic (exact) mass is 423 g/mol. The first-order valence-corrected chi connectivity index (χ1v) is 13.7. The smallest absolute Gasteiger partial charge is 0.153 e.